The summed E-state index contributed by atoms with van der Waals surface area (Å²) in [6.45, 7) is 0.228. The Bertz CT molecular complexity index is 740. The number of aromatic carboxylic acids is 1. The molecule has 0 saturated heterocycles. The van der Waals surface area contributed by atoms with Gasteiger partial charge >= 0.3 is 5.97 Å². The lowest BCUT2D eigenvalue weighted by Gasteiger charge is -2.10. The van der Waals surface area contributed by atoms with Crippen LogP contribution >= 0.6 is 27.5 Å². The van der Waals surface area contributed by atoms with Crippen LogP contribution in [0.25, 0.3) is 0 Å². The second kappa shape index (κ2) is 6.61. The first-order chi connectivity index (χ1) is 10.0. The minimum Gasteiger partial charge on any atom is -0.487 e. The second-order valence-corrected chi connectivity index (χ2v) is 5.42. The molecule has 21 heavy (non-hydrogen) atoms. The Balaban J connectivity index is 2.13. The number of carboxylic acids is 1. The highest BCUT2D eigenvalue weighted by molar-refractivity contribution is 9.10. The lowest BCUT2D eigenvalue weighted by atomic mass is 10.1. The van der Waals surface area contributed by atoms with E-state index >= 15 is 0 Å². The molecule has 2 aromatic rings. The van der Waals surface area contributed by atoms with E-state index in [4.69, 9.17) is 26.7 Å². The predicted molar refractivity (Wildman–Crippen MR) is 81.6 cm³/mol. The van der Waals surface area contributed by atoms with Crippen LogP contribution in [-0.2, 0) is 6.61 Å². The van der Waals surface area contributed by atoms with Crippen molar-refractivity contribution in [2.45, 2.75) is 6.61 Å². The number of carbonyl (C=O) groups is 1. The van der Waals surface area contributed by atoms with Crippen molar-refractivity contribution in [3.8, 4) is 11.8 Å². The van der Waals surface area contributed by atoms with Crippen LogP contribution in [0.5, 0.6) is 5.75 Å². The van der Waals surface area contributed by atoms with E-state index in [1.807, 2.05) is 6.07 Å². The summed E-state index contributed by atoms with van der Waals surface area (Å²) >= 11 is 9.33. The van der Waals surface area contributed by atoms with Gasteiger partial charge in [0.15, 0.2) is 0 Å². The van der Waals surface area contributed by atoms with Gasteiger partial charge in [-0.2, -0.15) is 5.26 Å². The quantitative estimate of drug-likeness (QED) is 0.878. The summed E-state index contributed by atoms with van der Waals surface area (Å²) in [5.41, 5.74) is 1.45. The molecule has 0 bridgehead atoms. The summed E-state index contributed by atoms with van der Waals surface area (Å²) in [4.78, 5) is 10.9. The van der Waals surface area contributed by atoms with Crippen LogP contribution in [0, 0.1) is 11.3 Å². The van der Waals surface area contributed by atoms with Crippen LogP contribution in [0.1, 0.15) is 21.5 Å². The number of ether oxygens (including phenoxy) is 1. The van der Waals surface area contributed by atoms with Gasteiger partial charge in [-0.25, -0.2) is 4.79 Å². The topological polar surface area (TPSA) is 70.3 Å². The summed E-state index contributed by atoms with van der Waals surface area (Å²) in [6.07, 6.45) is 0. The minimum absolute atomic E-state index is 0.196. The largest absolute Gasteiger partial charge is 0.487 e. The van der Waals surface area contributed by atoms with Crippen LogP contribution in [0.4, 0.5) is 0 Å². The Morgan fingerprint density at radius 2 is 2.10 bits per heavy atom. The smallest absolute Gasteiger partial charge is 0.335 e. The highest BCUT2D eigenvalue weighted by Crippen LogP contribution is 2.27. The van der Waals surface area contributed by atoms with Gasteiger partial charge in [0, 0.05) is 10.0 Å². The Kier molecular flexibility index (Phi) is 4.84. The Morgan fingerprint density at radius 1 is 1.33 bits per heavy atom. The average Bonchev–Trinajstić information content (AvgIpc) is 2.46. The van der Waals surface area contributed by atoms with Crippen molar-refractivity contribution in [2.24, 2.45) is 0 Å². The van der Waals surface area contributed by atoms with Crippen LogP contribution in [0.15, 0.2) is 40.9 Å². The first-order valence-corrected chi connectivity index (χ1v) is 7.02. The van der Waals surface area contributed by atoms with E-state index in [0.717, 1.165) is 5.56 Å². The third-order valence-corrected chi connectivity index (χ3v) is 3.78. The van der Waals surface area contributed by atoms with Gasteiger partial charge in [-0.3, -0.25) is 0 Å². The fraction of sp³-hybridized carbons (Fsp3) is 0.0667. The summed E-state index contributed by atoms with van der Waals surface area (Å²) < 4.78 is 6.23. The molecule has 0 aliphatic rings. The van der Waals surface area contributed by atoms with Crippen molar-refractivity contribution in [3.63, 3.8) is 0 Å². The van der Waals surface area contributed by atoms with Crippen LogP contribution in [-0.4, -0.2) is 11.1 Å². The fourth-order valence-corrected chi connectivity index (χ4v) is 2.37. The Hall–Kier alpha value is -2.03. The van der Waals surface area contributed by atoms with Gasteiger partial charge < -0.3 is 9.84 Å². The van der Waals surface area contributed by atoms with E-state index in [2.05, 4.69) is 15.9 Å². The molecule has 0 saturated carbocycles. The molecule has 0 radical (unpaired) electrons. The van der Waals surface area contributed by atoms with Crippen molar-refractivity contribution in [3.05, 3.63) is 62.6 Å². The number of benzene rings is 2. The number of nitriles is 1. The monoisotopic (exact) mass is 365 g/mol. The molecule has 2 aromatic carbocycles. The van der Waals surface area contributed by atoms with Crippen LogP contribution in [0.2, 0.25) is 5.02 Å². The molecule has 6 heteroatoms. The van der Waals surface area contributed by atoms with E-state index in [-0.39, 0.29) is 12.2 Å². The zero-order valence-electron chi connectivity index (χ0n) is 10.6. The van der Waals surface area contributed by atoms with E-state index in [9.17, 15) is 4.79 Å². The molecule has 2 rings (SSSR count). The van der Waals surface area contributed by atoms with Gasteiger partial charge in [-0.15, -0.1) is 0 Å². The summed E-state index contributed by atoms with van der Waals surface area (Å²) in [5.74, 6) is -0.525. The molecular formula is C15H9BrClNO3. The summed E-state index contributed by atoms with van der Waals surface area (Å²) in [5, 5.41) is 18.0. The molecule has 106 valence electrons. The Labute approximate surface area is 134 Å². The Morgan fingerprint density at radius 3 is 2.67 bits per heavy atom. The molecule has 0 unspecified atom stereocenters. The van der Waals surface area contributed by atoms with Crippen molar-refractivity contribution in [2.75, 3.05) is 0 Å². The summed E-state index contributed by atoms with van der Waals surface area (Å²) in [7, 11) is 0. The number of hydrogen-bond donors (Lipinski definition) is 1. The number of halogens is 2. The molecule has 0 aromatic heterocycles. The molecule has 0 atom stereocenters. The molecule has 0 spiro atoms. The van der Waals surface area contributed by atoms with Crippen molar-refractivity contribution < 1.29 is 14.6 Å². The number of carboxylic acid groups (broad SMARTS) is 1. The van der Waals surface area contributed by atoms with Gasteiger partial charge in [0.2, 0.25) is 0 Å². The van der Waals surface area contributed by atoms with E-state index in [1.54, 1.807) is 18.2 Å². The lowest BCUT2D eigenvalue weighted by Crippen LogP contribution is -2.00. The zero-order valence-corrected chi connectivity index (χ0v) is 13.0. The van der Waals surface area contributed by atoms with E-state index in [0.29, 0.717) is 20.8 Å². The van der Waals surface area contributed by atoms with Crippen molar-refractivity contribution in [1.29, 1.82) is 5.26 Å². The van der Waals surface area contributed by atoms with Gasteiger partial charge in [0.05, 0.1) is 22.2 Å². The van der Waals surface area contributed by atoms with Gasteiger partial charge in [-0.1, -0.05) is 33.6 Å². The molecule has 1 N–H and O–H groups in total. The van der Waals surface area contributed by atoms with Gasteiger partial charge in [0.25, 0.3) is 0 Å². The lowest BCUT2D eigenvalue weighted by molar-refractivity contribution is 0.0696. The highest BCUT2D eigenvalue weighted by atomic mass is 79.9. The van der Waals surface area contributed by atoms with Gasteiger partial charge in [0.1, 0.15) is 12.4 Å². The number of hydrogen-bond acceptors (Lipinski definition) is 3. The molecule has 4 nitrogen and oxygen atoms in total. The van der Waals surface area contributed by atoms with Crippen LogP contribution < -0.4 is 4.74 Å². The zero-order chi connectivity index (χ0) is 15.4. The predicted octanol–water partition coefficient (Wildman–Crippen LogP) is 4.25. The highest BCUT2D eigenvalue weighted by Gasteiger charge is 2.08. The average molecular weight is 367 g/mol. The van der Waals surface area contributed by atoms with E-state index < -0.39 is 5.97 Å². The second-order valence-electron chi connectivity index (χ2n) is 4.16. The molecule has 0 amide bonds. The SMILES string of the molecule is N#Cc1ccc(OCc2ccc(C(=O)O)cc2Br)c(Cl)c1. The minimum atomic E-state index is -0.988. The molecule has 0 aliphatic heterocycles. The van der Waals surface area contributed by atoms with Crippen molar-refractivity contribution in [1.82, 2.24) is 0 Å². The fourth-order valence-electron chi connectivity index (χ4n) is 1.64. The number of nitrogens with zero attached hydrogens (tertiary/aromatic N) is 1. The summed E-state index contributed by atoms with van der Waals surface area (Å²) in [6, 6.07) is 11.5. The maximum Gasteiger partial charge on any atom is 0.335 e. The number of rotatable bonds is 4. The third-order valence-electron chi connectivity index (χ3n) is 2.74. The molecule has 0 aliphatic carbocycles. The molecule has 0 fully saturated rings. The normalized spacial score (nSPS) is 9.95. The first-order valence-electron chi connectivity index (χ1n) is 5.85. The van der Waals surface area contributed by atoms with Crippen molar-refractivity contribution >= 4 is 33.5 Å². The third kappa shape index (κ3) is 3.75. The van der Waals surface area contributed by atoms with Gasteiger partial charge in [-0.05, 0) is 30.3 Å². The first kappa shape index (κ1) is 15.4. The standard InChI is InChI=1S/C15H9BrClNO3/c16-12-6-10(15(19)20)2-3-11(12)8-21-14-4-1-9(7-18)5-13(14)17/h1-6H,8H2,(H,19,20). The molecular weight excluding hydrogens is 358 g/mol. The van der Waals surface area contributed by atoms with Crippen LogP contribution in [0.3, 0.4) is 0 Å². The maximum atomic E-state index is 10.9. The maximum absolute atomic E-state index is 10.9. The van der Waals surface area contributed by atoms with E-state index in [1.165, 1.54) is 18.2 Å². The molecule has 0 heterocycles.